The fraction of sp³-hybridized carbons (Fsp3) is 0. The standard InChI is InChI=1S/C12H9N5S/c1-2-5-14-11(3-1)17-12-15-6-4-9(16-12)10-7-13-8-18-10/h1-8H,(H,14,15,16,17). The van der Waals surface area contributed by atoms with E-state index in [1.807, 2.05) is 24.3 Å². The van der Waals surface area contributed by atoms with Gasteiger partial charge in [-0.1, -0.05) is 6.07 Å². The quantitative estimate of drug-likeness (QED) is 0.779. The van der Waals surface area contributed by atoms with Gasteiger partial charge < -0.3 is 5.32 Å². The Kier molecular flexibility index (Phi) is 2.93. The minimum atomic E-state index is 0.527. The van der Waals surface area contributed by atoms with E-state index >= 15 is 0 Å². The maximum atomic E-state index is 4.42. The number of hydrogen-bond acceptors (Lipinski definition) is 6. The average molecular weight is 255 g/mol. The Balaban J connectivity index is 1.88. The topological polar surface area (TPSA) is 63.6 Å². The number of thiazole rings is 1. The van der Waals surface area contributed by atoms with Gasteiger partial charge in [0.1, 0.15) is 5.82 Å². The summed E-state index contributed by atoms with van der Waals surface area (Å²) in [6.07, 6.45) is 5.22. The summed E-state index contributed by atoms with van der Waals surface area (Å²) in [5.41, 5.74) is 2.63. The zero-order valence-corrected chi connectivity index (χ0v) is 10.1. The van der Waals surface area contributed by atoms with E-state index in [2.05, 4.69) is 25.3 Å². The van der Waals surface area contributed by atoms with Crippen LogP contribution in [-0.2, 0) is 0 Å². The van der Waals surface area contributed by atoms with Crippen molar-refractivity contribution in [3.8, 4) is 10.6 Å². The molecule has 0 radical (unpaired) electrons. The first-order valence-corrected chi connectivity index (χ1v) is 6.20. The number of rotatable bonds is 3. The van der Waals surface area contributed by atoms with Gasteiger partial charge in [0.2, 0.25) is 5.95 Å². The van der Waals surface area contributed by atoms with Gasteiger partial charge in [0.15, 0.2) is 0 Å². The predicted molar refractivity (Wildman–Crippen MR) is 70.7 cm³/mol. The van der Waals surface area contributed by atoms with Gasteiger partial charge in [0.25, 0.3) is 0 Å². The van der Waals surface area contributed by atoms with E-state index in [4.69, 9.17) is 0 Å². The van der Waals surface area contributed by atoms with Crippen molar-refractivity contribution in [1.29, 1.82) is 0 Å². The molecule has 0 aliphatic carbocycles. The van der Waals surface area contributed by atoms with Crippen molar-refractivity contribution in [2.45, 2.75) is 0 Å². The van der Waals surface area contributed by atoms with Crippen LogP contribution < -0.4 is 5.32 Å². The lowest BCUT2D eigenvalue weighted by atomic mass is 10.4. The fourth-order valence-corrected chi connectivity index (χ4v) is 2.04. The van der Waals surface area contributed by atoms with Gasteiger partial charge in [-0.2, -0.15) is 0 Å². The van der Waals surface area contributed by atoms with Crippen LogP contribution >= 0.6 is 11.3 Å². The van der Waals surface area contributed by atoms with E-state index in [0.717, 1.165) is 16.4 Å². The minimum Gasteiger partial charge on any atom is -0.309 e. The minimum absolute atomic E-state index is 0.527. The van der Waals surface area contributed by atoms with E-state index in [1.165, 1.54) is 0 Å². The van der Waals surface area contributed by atoms with Crippen LogP contribution in [0.25, 0.3) is 10.6 Å². The van der Waals surface area contributed by atoms with Crippen LogP contribution in [0.1, 0.15) is 0 Å². The van der Waals surface area contributed by atoms with Crippen molar-refractivity contribution in [2.24, 2.45) is 0 Å². The molecule has 0 fully saturated rings. The molecule has 0 aliphatic rings. The highest BCUT2D eigenvalue weighted by Gasteiger charge is 2.04. The predicted octanol–water partition coefficient (Wildman–Crippen LogP) is 2.74. The van der Waals surface area contributed by atoms with Crippen LogP contribution in [0.2, 0.25) is 0 Å². The van der Waals surface area contributed by atoms with Crippen LogP contribution in [0, 0.1) is 0 Å². The third-order valence-electron chi connectivity index (χ3n) is 2.25. The second kappa shape index (κ2) is 4.89. The molecule has 0 amide bonds. The van der Waals surface area contributed by atoms with E-state index in [0.29, 0.717) is 5.95 Å². The molecule has 88 valence electrons. The van der Waals surface area contributed by atoms with Gasteiger partial charge in [-0.15, -0.1) is 11.3 Å². The zero-order chi connectivity index (χ0) is 12.2. The fourth-order valence-electron chi connectivity index (χ4n) is 1.45. The van der Waals surface area contributed by atoms with Gasteiger partial charge in [0, 0.05) is 18.6 Å². The van der Waals surface area contributed by atoms with E-state index in [9.17, 15) is 0 Å². The Labute approximate surface area is 108 Å². The van der Waals surface area contributed by atoms with Crippen molar-refractivity contribution in [3.63, 3.8) is 0 Å². The van der Waals surface area contributed by atoms with Crippen molar-refractivity contribution in [1.82, 2.24) is 19.9 Å². The molecular weight excluding hydrogens is 246 g/mol. The van der Waals surface area contributed by atoms with Gasteiger partial charge in [-0.3, -0.25) is 4.98 Å². The number of anilines is 2. The second-order valence-corrected chi connectivity index (χ2v) is 4.36. The average Bonchev–Trinajstić information content (AvgIpc) is 2.94. The molecule has 0 spiro atoms. The van der Waals surface area contributed by atoms with Crippen molar-refractivity contribution in [3.05, 3.63) is 48.4 Å². The number of hydrogen-bond donors (Lipinski definition) is 1. The Morgan fingerprint density at radius 3 is 2.83 bits per heavy atom. The molecule has 6 heteroatoms. The third-order valence-corrected chi connectivity index (χ3v) is 3.04. The molecule has 1 N–H and O–H groups in total. The largest absolute Gasteiger partial charge is 0.309 e. The van der Waals surface area contributed by atoms with Crippen LogP contribution in [0.5, 0.6) is 0 Å². The van der Waals surface area contributed by atoms with Gasteiger partial charge in [-0.25, -0.2) is 15.0 Å². The number of pyridine rings is 1. The molecule has 3 rings (SSSR count). The van der Waals surface area contributed by atoms with Crippen molar-refractivity contribution < 1.29 is 0 Å². The molecule has 0 atom stereocenters. The Hall–Kier alpha value is -2.34. The summed E-state index contributed by atoms with van der Waals surface area (Å²) in [4.78, 5) is 17.8. The van der Waals surface area contributed by atoms with Gasteiger partial charge in [0.05, 0.1) is 16.1 Å². The van der Waals surface area contributed by atoms with Crippen molar-refractivity contribution >= 4 is 23.1 Å². The number of aromatic nitrogens is 4. The summed E-state index contributed by atoms with van der Waals surface area (Å²) in [7, 11) is 0. The Bertz CT molecular complexity index is 624. The summed E-state index contributed by atoms with van der Waals surface area (Å²) < 4.78 is 0. The lowest BCUT2D eigenvalue weighted by Crippen LogP contribution is -1.98. The molecule has 3 aromatic heterocycles. The Morgan fingerprint density at radius 2 is 2.06 bits per heavy atom. The lowest BCUT2D eigenvalue weighted by molar-refractivity contribution is 1.15. The first-order chi connectivity index (χ1) is 8.92. The summed E-state index contributed by atoms with van der Waals surface area (Å²) >= 11 is 1.55. The molecule has 0 saturated carbocycles. The van der Waals surface area contributed by atoms with Gasteiger partial charge >= 0.3 is 0 Å². The molecule has 0 aromatic carbocycles. The van der Waals surface area contributed by atoms with Crippen LogP contribution in [0.4, 0.5) is 11.8 Å². The molecule has 3 aromatic rings. The maximum absolute atomic E-state index is 4.42. The summed E-state index contributed by atoms with van der Waals surface area (Å²) in [6.45, 7) is 0. The Morgan fingerprint density at radius 1 is 1.06 bits per heavy atom. The molecule has 5 nitrogen and oxygen atoms in total. The first-order valence-electron chi connectivity index (χ1n) is 5.32. The van der Waals surface area contributed by atoms with E-state index < -0.39 is 0 Å². The molecule has 18 heavy (non-hydrogen) atoms. The second-order valence-electron chi connectivity index (χ2n) is 3.47. The normalized spacial score (nSPS) is 10.2. The van der Waals surface area contributed by atoms with Crippen LogP contribution in [-0.4, -0.2) is 19.9 Å². The van der Waals surface area contributed by atoms with Crippen molar-refractivity contribution in [2.75, 3.05) is 5.32 Å². The summed E-state index contributed by atoms with van der Waals surface area (Å²) in [5.74, 6) is 1.25. The lowest BCUT2D eigenvalue weighted by Gasteiger charge is -2.04. The molecule has 3 heterocycles. The number of nitrogens with zero attached hydrogens (tertiary/aromatic N) is 4. The first kappa shape index (κ1) is 10.8. The monoisotopic (exact) mass is 255 g/mol. The highest BCUT2D eigenvalue weighted by atomic mass is 32.1. The maximum Gasteiger partial charge on any atom is 0.228 e. The summed E-state index contributed by atoms with van der Waals surface area (Å²) in [6, 6.07) is 7.49. The summed E-state index contributed by atoms with van der Waals surface area (Å²) in [5, 5.41) is 3.06. The molecule has 0 bridgehead atoms. The highest BCUT2D eigenvalue weighted by molar-refractivity contribution is 7.13. The third kappa shape index (κ3) is 2.33. The molecular formula is C12H9N5S. The van der Waals surface area contributed by atoms with E-state index in [1.54, 1.807) is 35.4 Å². The van der Waals surface area contributed by atoms with E-state index in [-0.39, 0.29) is 0 Å². The molecule has 0 aliphatic heterocycles. The van der Waals surface area contributed by atoms with Crippen LogP contribution in [0.3, 0.4) is 0 Å². The van der Waals surface area contributed by atoms with Crippen LogP contribution in [0.15, 0.2) is 48.4 Å². The SMILES string of the molecule is c1ccc(Nc2nccc(-c3cncs3)n2)nc1. The number of nitrogens with one attached hydrogen (secondary N) is 1. The smallest absolute Gasteiger partial charge is 0.228 e. The van der Waals surface area contributed by atoms with Gasteiger partial charge in [-0.05, 0) is 18.2 Å². The molecule has 0 unspecified atom stereocenters. The zero-order valence-electron chi connectivity index (χ0n) is 9.32. The highest BCUT2D eigenvalue weighted by Crippen LogP contribution is 2.21. The molecule has 0 saturated heterocycles.